The molecule has 1 aliphatic carbocycles. The van der Waals surface area contributed by atoms with Gasteiger partial charge in [0, 0.05) is 16.7 Å². The first-order valence-electron chi connectivity index (χ1n) is 9.18. The largest absolute Gasteiger partial charge is 0.444 e. The standard InChI is InChI=1S/C23H23NO4/c1-23(2,3)28-22(27)24-19(13-15-9-5-4-6-10-15)18-14-20(25)16-11-7-8-12-17(16)21(18)26/h4-12,14,19H,13H2,1-3H3,(H,24,27). The molecule has 0 radical (unpaired) electrons. The number of nitrogens with one attached hydrogen (secondary N) is 1. The summed E-state index contributed by atoms with van der Waals surface area (Å²) in [6, 6.07) is 15.5. The number of allylic oxidation sites excluding steroid dienone is 1. The van der Waals surface area contributed by atoms with E-state index in [1.165, 1.54) is 6.08 Å². The van der Waals surface area contributed by atoms with E-state index in [9.17, 15) is 14.4 Å². The van der Waals surface area contributed by atoms with Gasteiger partial charge < -0.3 is 10.1 Å². The van der Waals surface area contributed by atoms with Crippen LogP contribution in [0.4, 0.5) is 4.79 Å². The van der Waals surface area contributed by atoms with Crippen LogP contribution in [-0.2, 0) is 11.2 Å². The molecule has 0 saturated heterocycles. The van der Waals surface area contributed by atoms with E-state index in [0.29, 0.717) is 17.5 Å². The van der Waals surface area contributed by atoms with Crippen molar-refractivity contribution >= 4 is 17.7 Å². The van der Waals surface area contributed by atoms with Gasteiger partial charge in [0.05, 0.1) is 6.04 Å². The van der Waals surface area contributed by atoms with Crippen LogP contribution in [-0.4, -0.2) is 29.3 Å². The summed E-state index contributed by atoms with van der Waals surface area (Å²) < 4.78 is 5.35. The Morgan fingerprint density at radius 2 is 1.57 bits per heavy atom. The second kappa shape index (κ2) is 7.80. The number of fused-ring (bicyclic) bond motifs is 1. The molecule has 0 bridgehead atoms. The van der Waals surface area contributed by atoms with Gasteiger partial charge in [-0.3, -0.25) is 9.59 Å². The van der Waals surface area contributed by atoms with Gasteiger partial charge in [-0.15, -0.1) is 0 Å². The third-order valence-corrected chi connectivity index (χ3v) is 4.33. The van der Waals surface area contributed by atoms with Crippen LogP contribution in [0, 0.1) is 0 Å². The molecule has 0 aromatic heterocycles. The molecule has 2 aromatic carbocycles. The van der Waals surface area contributed by atoms with Crippen LogP contribution in [0.2, 0.25) is 0 Å². The average Bonchev–Trinajstić information content (AvgIpc) is 2.63. The molecule has 1 aliphatic rings. The van der Waals surface area contributed by atoms with Gasteiger partial charge in [-0.2, -0.15) is 0 Å². The van der Waals surface area contributed by atoms with Gasteiger partial charge in [-0.1, -0.05) is 54.6 Å². The van der Waals surface area contributed by atoms with E-state index in [1.54, 1.807) is 45.0 Å². The maximum absolute atomic E-state index is 13.0. The van der Waals surface area contributed by atoms with Crippen molar-refractivity contribution in [2.24, 2.45) is 0 Å². The van der Waals surface area contributed by atoms with Crippen LogP contribution in [0.15, 0.2) is 66.2 Å². The molecule has 1 atom stereocenters. The molecular formula is C23H23NO4. The molecule has 0 aliphatic heterocycles. The van der Waals surface area contributed by atoms with E-state index in [0.717, 1.165) is 5.56 Å². The van der Waals surface area contributed by atoms with Crippen molar-refractivity contribution in [2.45, 2.75) is 38.8 Å². The van der Waals surface area contributed by atoms with E-state index < -0.39 is 17.7 Å². The maximum atomic E-state index is 13.0. The van der Waals surface area contributed by atoms with Crippen molar-refractivity contribution in [1.82, 2.24) is 5.32 Å². The van der Waals surface area contributed by atoms with Crippen LogP contribution in [0.25, 0.3) is 0 Å². The number of carbonyl (C=O) groups excluding carboxylic acids is 3. The Hall–Kier alpha value is -3.21. The van der Waals surface area contributed by atoms with Crippen LogP contribution >= 0.6 is 0 Å². The molecular weight excluding hydrogens is 354 g/mol. The number of ketones is 2. The fraction of sp³-hybridized carbons (Fsp3) is 0.261. The number of Topliss-reactive ketones (excluding diaryl/α,β-unsaturated/α-hetero) is 1. The highest BCUT2D eigenvalue weighted by molar-refractivity contribution is 6.25. The Morgan fingerprint density at radius 1 is 0.964 bits per heavy atom. The molecule has 5 nitrogen and oxygen atoms in total. The van der Waals surface area contributed by atoms with Gasteiger partial charge in [0.2, 0.25) is 0 Å². The topological polar surface area (TPSA) is 72.5 Å². The summed E-state index contributed by atoms with van der Waals surface area (Å²) in [7, 11) is 0. The third-order valence-electron chi connectivity index (χ3n) is 4.33. The van der Waals surface area contributed by atoms with Gasteiger partial charge in [0.25, 0.3) is 0 Å². The highest BCUT2D eigenvalue weighted by Crippen LogP contribution is 2.25. The number of ether oxygens (including phenoxy) is 1. The van der Waals surface area contributed by atoms with Crippen LogP contribution in [0.5, 0.6) is 0 Å². The predicted molar refractivity (Wildman–Crippen MR) is 106 cm³/mol. The Bertz CT molecular complexity index is 939. The van der Waals surface area contributed by atoms with E-state index in [2.05, 4.69) is 5.32 Å². The predicted octanol–water partition coefficient (Wildman–Crippen LogP) is 4.13. The molecule has 5 heteroatoms. The van der Waals surface area contributed by atoms with Crippen molar-refractivity contribution in [3.8, 4) is 0 Å². The fourth-order valence-corrected chi connectivity index (χ4v) is 3.13. The highest BCUT2D eigenvalue weighted by Gasteiger charge is 2.32. The Labute approximate surface area is 164 Å². The summed E-state index contributed by atoms with van der Waals surface area (Å²) in [5, 5.41) is 2.77. The van der Waals surface area contributed by atoms with E-state index in [-0.39, 0.29) is 17.1 Å². The van der Waals surface area contributed by atoms with Crippen molar-refractivity contribution in [3.05, 3.63) is 82.9 Å². The van der Waals surface area contributed by atoms with Gasteiger partial charge in [0.15, 0.2) is 11.6 Å². The maximum Gasteiger partial charge on any atom is 0.408 e. The minimum atomic E-state index is -0.679. The fourth-order valence-electron chi connectivity index (χ4n) is 3.13. The Kier molecular flexibility index (Phi) is 5.45. The molecule has 2 aromatic rings. The summed E-state index contributed by atoms with van der Waals surface area (Å²) in [4.78, 5) is 38.0. The molecule has 1 N–H and O–H groups in total. The van der Waals surface area contributed by atoms with Crippen LogP contribution < -0.4 is 5.32 Å². The minimum Gasteiger partial charge on any atom is -0.444 e. The molecule has 0 spiro atoms. The second-order valence-electron chi connectivity index (χ2n) is 7.73. The lowest BCUT2D eigenvalue weighted by Gasteiger charge is -2.26. The number of hydrogen-bond acceptors (Lipinski definition) is 4. The first-order chi connectivity index (χ1) is 13.2. The lowest BCUT2D eigenvalue weighted by molar-refractivity contribution is 0.0511. The third kappa shape index (κ3) is 4.55. The van der Waals surface area contributed by atoms with Crippen molar-refractivity contribution in [2.75, 3.05) is 0 Å². The zero-order valence-electron chi connectivity index (χ0n) is 16.2. The van der Waals surface area contributed by atoms with Crippen LogP contribution in [0.1, 0.15) is 47.1 Å². The quantitative estimate of drug-likeness (QED) is 0.870. The first kappa shape index (κ1) is 19.5. The lowest BCUT2D eigenvalue weighted by Crippen LogP contribution is -2.43. The van der Waals surface area contributed by atoms with E-state index >= 15 is 0 Å². The normalized spacial score (nSPS) is 14.8. The van der Waals surface area contributed by atoms with E-state index in [1.807, 2.05) is 30.3 Å². The minimum absolute atomic E-state index is 0.241. The van der Waals surface area contributed by atoms with Gasteiger partial charge in [-0.25, -0.2) is 4.79 Å². The van der Waals surface area contributed by atoms with Crippen molar-refractivity contribution in [1.29, 1.82) is 0 Å². The molecule has 1 amide bonds. The summed E-state index contributed by atoms with van der Waals surface area (Å²) in [6.45, 7) is 5.30. The molecule has 3 rings (SSSR count). The molecule has 1 unspecified atom stereocenters. The first-order valence-corrected chi connectivity index (χ1v) is 9.18. The SMILES string of the molecule is CC(C)(C)OC(=O)NC(Cc1ccccc1)C1=CC(=O)c2ccccc2C1=O. The zero-order valence-corrected chi connectivity index (χ0v) is 16.2. The monoisotopic (exact) mass is 377 g/mol. The molecule has 144 valence electrons. The van der Waals surface area contributed by atoms with Crippen LogP contribution in [0.3, 0.4) is 0 Å². The second-order valence-corrected chi connectivity index (χ2v) is 7.73. The summed E-state index contributed by atoms with van der Waals surface area (Å²) in [6.07, 6.45) is 1.07. The smallest absolute Gasteiger partial charge is 0.408 e. The van der Waals surface area contributed by atoms with Crippen molar-refractivity contribution in [3.63, 3.8) is 0 Å². The number of hydrogen-bond donors (Lipinski definition) is 1. The zero-order chi connectivity index (χ0) is 20.3. The number of alkyl carbamates (subject to hydrolysis) is 1. The average molecular weight is 377 g/mol. The van der Waals surface area contributed by atoms with Gasteiger partial charge in [0.1, 0.15) is 5.60 Å². The molecule has 28 heavy (non-hydrogen) atoms. The van der Waals surface area contributed by atoms with Gasteiger partial charge >= 0.3 is 6.09 Å². The molecule has 0 heterocycles. The number of amides is 1. The Balaban J connectivity index is 1.93. The molecule has 0 fully saturated rings. The molecule has 0 saturated carbocycles. The lowest BCUT2D eigenvalue weighted by atomic mass is 9.84. The number of rotatable bonds is 4. The number of benzene rings is 2. The summed E-state index contributed by atoms with van der Waals surface area (Å²) >= 11 is 0. The van der Waals surface area contributed by atoms with Gasteiger partial charge in [-0.05, 0) is 38.8 Å². The Morgan fingerprint density at radius 3 is 2.21 bits per heavy atom. The number of carbonyl (C=O) groups is 3. The highest BCUT2D eigenvalue weighted by atomic mass is 16.6. The van der Waals surface area contributed by atoms with E-state index in [4.69, 9.17) is 4.74 Å². The summed E-state index contributed by atoms with van der Waals surface area (Å²) in [5.74, 6) is -0.499. The summed E-state index contributed by atoms with van der Waals surface area (Å²) in [5.41, 5.74) is 1.26. The van der Waals surface area contributed by atoms with Crippen molar-refractivity contribution < 1.29 is 19.1 Å².